The summed E-state index contributed by atoms with van der Waals surface area (Å²) in [6.45, 7) is 4.23. The van der Waals surface area contributed by atoms with Crippen LogP contribution >= 0.6 is 0 Å². The predicted molar refractivity (Wildman–Crippen MR) is 84.3 cm³/mol. The lowest BCUT2D eigenvalue weighted by atomic mass is 10.0. The van der Waals surface area contributed by atoms with E-state index in [1.807, 2.05) is 0 Å². The van der Waals surface area contributed by atoms with Gasteiger partial charge in [0, 0.05) is 19.5 Å². The summed E-state index contributed by atoms with van der Waals surface area (Å²) >= 11 is 0. The number of nitrogens with one attached hydrogen (secondary N) is 3. The van der Waals surface area contributed by atoms with Crippen molar-refractivity contribution in [3.8, 4) is 0 Å². The molecule has 0 amide bonds. The first-order valence-electron chi connectivity index (χ1n) is 7.29. The van der Waals surface area contributed by atoms with Crippen molar-refractivity contribution in [3.63, 3.8) is 0 Å². The molecule has 0 bridgehead atoms. The molecule has 9 heteroatoms. The molecule has 0 unspecified atom stereocenters. The number of rotatable bonds is 13. The molecule has 0 saturated heterocycles. The van der Waals surface area contributed by atoms with Crippen LogP contribution < -0.4 is 16.0 Å². The highest BCUT2D eigenvalue weighted by molar-refractivity contribution is 7.85. The van der Waals surface area contributed by atoms with E-state index < -0.39 is 10.1 Å². The van der Waals surface area contributed by atoms with Crippen molar-refractivity contribution in [1.29, 1.82) is 0 Å². The fraction of sp³-hybridized carbons (Fsp3) is 0.846. The molecule has 0 rings (SSSR count). The van der Waals surface area contributed by atoms with Crippen molar-refractivity contribution in [2.24, 2.45) is 0 Å². The smallest absolute Gasteiger partial charge is 0.264 e. The maximum Gasteiger partial charge on any atom is 0.264 e. The van der Waals surface area contributed by atoms with Gasteiger partial charge in [-0.3, -0.25) is 19.5 Å². The molecule has 0 saturated carbocycles. The number of hydrogen-bond acceptors (Lipinski definition) is 7. The number of ketones is 2. The third-order valence-electron chi connectivity index (χ3n) is 3.31. The first-order chi connectivity index (χ1) is 10.2. The molecule has 0 aliphatic heterocycles. The van der Waals surface area contributed by atoms with Crippen molar-refractivity contribution in [3.05, 3.63) is 0 Å². The van der Waals surface area contributed by atoms with Crippen LogP contribution in [0.2, 0.25) is 0 Å². The van der Waals surface area contributed by atoms with Gasteiger partial charge in [-0.2, -0.15) is 8.42 Å². The maximum atomic E-state index is 11.8. The summed E-state index contributed by atoms with van der Waals surface area (Å²) in [5.74, 6) is -0.331. The highest BCUT2D eigenvalue weighted by Crippen LogP contribution is 2.00. The van der Waals surface area contributed by atoms with Gasteiger partial charge in [0.15, 0.2) is 0 Å². The van der Waals surface area contributed by atoms with Crippen LogP contribution in [0, 0.1) is 0 Å². The molecule has 0 aromatic carbocycles. The van der Waals surface area contributed by atoms with E-state index in [0.29, 0.717) is 19.6 Å². The van der Waals surface area contributed by atoms with E-state index in [9.17, 15) is 18.0 Å². The Bertz CT molecular complexity index is 453. The minimum Gasteiger partial charge on any atom is -0.311 e. The molecule has 4 N–H and O–H groups in total. The number of carbonyl (C=O) groups excluding carboxylic acids is 2. The standard InChI is InChI=1S/C13H27N3O5S/c1-10(14-3)12(17)5-6-13(18)11(2)16-9-15-7-4-8-22(19,20)21/h10-11,14-16H,4-9H2,1-3H3,(H,19,20,21)/t10-,11-/m0/s1. The quantitative estimate of drug-likeness (QED) is 0.198. The Kier molecular flexibility index (Phi) is 10.4. The van der Waals surface area contributed by atoms with Crippen LogP contribution in [0.15, 0.2) is 0 Å². The van der Waals surface area contributed by atoms with Gasteiger partial charge < -0.3 is 10.6 Å². The monoisotopic (exact) mass is 337 g/mol. The molecule has 0 aliphatic rings. The van der Waals surface area contributed by atoms with Crippen molar-refractivity contribution in [2.45, 2.75) is 45.2 Å². The van der Waals surface area contributed by atoms with Crippen LogP contribution in [-0.2, 0) is 19.7 Å². The first-order valence-corrected chi connectivity index (χ1v) is 8.90. The summed E-state index contributed by atoms with van der Waals surface area (Å²) in [4.78, 5) is 23.4. The molecule has 130 valence electrons. The summed E-state index contributed by atoms with van der Waals surface area (Å²) in [6, 6.07) is -0.632. The fourth-order valence-corrected chi connectivity index (χ4v) is 2.16. The summed E-state index contributed by atoms with van der Waals surface area (Å²) in [7, 11) is -2.22. The van der Waals surface area contributed by atoms with Crippen LogP contribution in [0.4, 0.5) is 0 Å². The van der Waals surface area contributed by atoms with E-state index in [4.69, 9.17) is 4.55 Å². The van der Waals surface area contributed by atoms with Crippen LogP contribution in [0.3, 0.4) is 0 Å². The van der Waals surface area contributed by atoms with Crippen molar-refractivity contribution < 1.29 is 22.6 Å². The molecular formula is C13H27N3O5S. The SMILES string of the molecule is CN[C@@H](C)C(=O)CCC(=O)[C@H](C)NCNCCCS(=O)(=O)O. The van der Waals surface area contributed by atoms with Crippen molar-refractivity contribution in [1.82, 2.24) is 16.0 Å². The van der Waals surface area contributed by atoms with Crippen LogP contribution in [-0.4, -0.2) is 62.6 Å². The Morgan fingerprint density at radius 1 is 1.09 bits per heavy atom. The van der Waals surface area contributed by atoms with Crippen LogP contribution in [0.1, 0.15) is 33.1 Å². The van der Waals surface area contributed by atoms with Gasteiger partial charge in [0.25, 0.3) is 10.1 Å². The molecule has 0 aromatic heterocycles. The third kappa shape index (κ3) is 10.8. The molecule has 0 aromatic rings. The molecule has 0 fully saturated rings. The normalized spacial score (nSPS) is 14.5. The molecule has 0 heterocycles. The number of Topliss-reactive ketones (excluding diaryl/α,β-unsaturated/α-hetero) is 2. The average Bonchev–Trinajstić information content (AvgIpc) is 2.45. The summed E-state index contributed by atoms with van der Waals surface area (Å²) in [5, 5.41) is 8.70. The average molecular weight is 337 g/mol. The zero-order valence-corrected chi connectivity index (χ0v) is 14.2. The number of hydrogen-bond donors (Lipinski definition) is 4. The third-order valence-corrected chi connectivity index (χ3v) is 4.11. The second-order valence-electron chi connectivity index (χ2n) is 5.19. The first kappa shape index (κ1) is 21.1. The van der Waals surface area contributed by atoms with E-state index in [1.165, 1.54) is 0 Å². The molecule has 2 atom stereocenters. The van der Waals surface area contributed by atoms with Gasteiger partial charge in [0.1, 0.15) is 11.6 Å². The molecule has 0 radical (unpaired) electrons. The topological polar surface area (TPSA) is 125 Å². The number of likely N-dealkylation sites (N-methyl/N-ethyl adjacent to an activating group) is 1. The Morgan fingerprint density at radius 2 is 1.64 bits per heavy atom. The molecule has 0 spiro atoms. The van der Waals surface area contributed by atoms with Crippen LogP contribution in [0.25, 0.3) is 0 Å². The van der Waals surface area contributed by atoms with Crippen molar-refractivity contribution in [2.75, 3.05) is 26.0 Å². The van der Waals surface area contributed by atoms with Gasteiger partial charge in [0.05, 0.1) is 17.8 Å². The predicted octanol–water partition coefficient (Wildman–Crippen LogP) is -0.684. The molecule has 22 heavy (non-hydrogen) atoms. The van der Waals surface area contributed by atoms with Gasteiger partial charge in [-0.05, 0) is 33.9 Å². The van der Waals surface area contributed by atoms with Gasteiger partial charge in [-0.25, -0.2) is 0 Å². The second-order valence-corrected chi connectivity index (χ2v) is 6.76. The largest absolute Gasteiger partial charge is 0.311 e. The van der Waals surface area contributed by atoms with Crippen LogP contribution in [0.5, 0.6) is 0 Å². The molecule has 8 nitrogen and oxygen atoms in total. The minimum absolute atomic E-state index is 0.00591. The van der Waals surface area contributed by atoms with E-state index in [0.717, 1.165) is 0 Å². The molecular weight excluding hydrogens is 310 g/mol. The highest BCUT2D eigenvalue weighted by Gasteiger charge is 2.16. The maximum absolute atomic E-state index is 11.8. The summed E-state index contributed by atoms with van der Waals surface area (Å²) in [5.41, 5.74) is 0. The Balaban J connectivity index is 3.77. The lowest BCUT2D eigenvalue weighted by Gasteiger charge is -2.14. The zero-order valence-electron chi connectivity index (χ0n) is 13.4. The lowest BCUT2D eigenvalue weighted by molar-refractivity contribution is -0.125. The Morgan fingerprint density at radius 3 is 2.14 bits per heavy atom. The van der Waals surface area contributed by atoms with Gasteiger partial charge in [-0.15, -0.1) is 0 Å². The van der Waals surface area contributed by atoms with Gasteiger partial charge >= 0.3 is 0 Å². The molecule has 0 aliphatic carbocycles. The summed E-state index contributed by atoms with van der Waals surface area (Å²) in [6.07, 6.45) is 0.704. The van der Waals surface area contributed by atoms with E-state index in [1.54, 1.807) is 20.9 Å². The second kappa shape index (κ2) is 10.8. The van der Waals surface area contributed by atoms with Gasteiger partial charge in [0.2, 0.25) is 0 Å². The Labute approximate surface area is 132 Å². The minimum atomic E-state index is -3.92. The lowest BCUT2D eigenvalue weighted by Crippen LogP contribution is -2.41. The summed E-state index contributed by atoms with van der Waals surface area (Å²) < 4.78 is 29.5. The van der Waals surface area contributed by atoms with E-state index in [2.05, 4.69) is 16.0 Å². The zero-order chi connectivity index (χ0) is 17.2. The van der Waals surface area contributed by atoms with Crippen molar-refractivity contribution >= 4 is 21.7 Å². The van der Waals surface area contributed by atoms with E-state index >= 15 is 0 Å². The van der Waals surface area contributed by atoms with Gasteiger partial charge in [-0.1, -0.05) is 0 Å². The van der Waals surface area contributed by atoms with E-state index in [-0.39, 0.29) is 42.2 Å². The fourth-order valence-electron chi connectivity index (χ4n) is 1.65. The Hall–Kier alpha value is -0.870. The number of carbonyl (C=O) groups is 2. The highest BCUT2D eigenvalue weighted by atomic mass is 32.2.